The van der Waals surface area contributed by atoms with Gasteiger partial charge in [0.1, 0.15) is 17.4 Å². The highest BCUT2D eigenvalue weighted by Gasteiger charge is 2.15. The van der Waals surface area contributed by atoms with Gasteiger partial charge in [0, 0.05) is 17.6 Å². The number of para-hydroxylation sites is 1. The van der Waals surface area contributed by atoms with Gasteiger partial charge in [-0.15, -0.1) is 0 Å². The van der Waals surface area contributed by atoms with E-state index in [9.17, 15) is 4.39 Å². The van der Waals surface area contributed by atoms with Gasteiger partial charge in [0.2, 0.25) is 0 Å². The number of anilines is 1. The highest BCUT2D eigenvalue weighted by molar-refractivity contribution is 5.67. The minimum Gasteiger partial charge on any atom is -0.496 e. The number of hydrogen-bond donors (Lipinski definition) is 1. The normalized spacial score (nSPS) is 10.2. The standard InChI is InChI=1S/C24H22FN3O.C2H6/c1-17-7-13-21(14-8-17)28-16-20(15-26-19-11-9-18(25)10-12-19)27-24(28)22-5-3-4-6-23(22)29-2;1-2/h3-14,16,26H,15H2,1-2H3;1-2H3. The van der Waals surface area contributed by atoms with Crippen molar-refractivity contribution >= 4 is 5.69 Å². The van der Waals surface area contributed by atoms with Gasteiger partial charge in [0.05, 0.1) is 24.9 Å². The van der Waals surface area contributed by atoms with Crippen molar-refractivity contribution in [2.75, 3.05) is 12.4 Å². The third-order valence-electron chi connectivity index (χ3n) is 4.73. The van der Waals surface area contributed by atoms with Crippen LogP contribution in [0.25, 0.3) is 17.1 Å². The largest absolute Gasteiger partial charge is 0.496 e. The molecule has 0 aliphatic carbocycles. The van der Waals surface area contributed by atoms with Crippen molar-refractivity contribution in [1.82, 2.24) is 9.55 Å². The van der Waals surface area contributed by atoms with Crippen molar-refractivity contribution in [3.05, 3.63) is 96.1 Å². The molecule has 0 fully saturated rings. The molecule has 0 aliphatic rings. The van der Waals surface area contributed by atoms with E-state index in [0.717, 1.165) is 34.2 Å². The Balaban J connectivity index is 0.00000132. The van der Waals surface area contributed by atoms with Crippen LogP contribution in [0.1, 0.15) is 25.1 Å². The van der Waals surface area contributed by atoms with Crippen LogP contribution in [-0.4, -0.2) is 16.7 Å². The summed E-state index contributed by atoms with van der Waals surface area (Å²) in [5.41, 5.74) is 4.86. The fourth-order valence-electron chi connectivity index (χ4n) is 3.20. The van der Waals surface area contributed by atoms with Crippen LogP contribution in [0.15, 0.2) is 79.0 Å². The van der Waals surface area contributed by atoms with E-state index in [1.807, 2.05) is 44.3 Å². The van der Waals surface area contributed by atoms with E-state index in [2.05, 4.69) is 41.1 Å². The summed E-state index contributed by atoms with van der Waals surface area (Å²) in [6.07, 6.45) is 2.02. The molecule has 4 rings (SSSR count). The number of nitrogens with one attached hydrogen (secondary N) is 1. The molecule has 31 heavy (non-hydrogen) atoms. The van der Waals surface area contributed by atoms with Gasteiger partial charge in [0.15, 0.2) is 0 Å². The van der Waals surface area contributed by atoms with E-state index in [1.165, 1.54) is 17.7 Å². The molecule has 0 saturated heterocycles. The summed E-state index contributed by atoms with van der Waals surface area (Å²) in [7, 11) is 1.66. The topological polar surface area (TPSA) is 39.1 Å². The first-order valence-corrected chi connectivity index (χ1v) is 10.4. The predicted molar refractivity (Wildman–Crippen MR) is 125 cm³/mol. The number of imidazole rings is 1. The number of halogens is 1. The Bertz CT molecular complexity index is 1100. The van der Waals surface area contributed by atoms with Crippen LogP contribution >= 0.6 is 0 Å². The van der Waals surface area contributed by atoms with Crippen LogP contribution in [0.3, 0.4) is 0 Å². The van der Waals surface area contributed by atoms with Gasteiger partial charge in [-0.1, -0.05) is 43.7 Å². The van der Waals surface area contributed by atoms with Gasteiger partial charge in [-0.3, -0.25) is 4.57 Å². The molecule has 4 aromatic rings. The fourth-order valence-corrected chi connectivity index (χ4v) is 3.20. The van der Waals surface area contributed by atoms with Gasteiger partial charge < -0.3 is 10.1 Å². The zero-order valence-electron chi connectivity index (χ0n) is 18.4. The van der Waals surface area contributed by atoms with Crippen molar-refractivity contribution in [2.24, 2.45) is 0 Å². The van der Waals surface area contributed by atoms with Gasteiger partial charge in [-0.25, -0.2) is 9.37 Å². The molecule has 0 saturated carbocycles. The Kier molecular flexibility index (Phi) is 7.44. The van der Waals surface area contributed by atoms with Gasteiger partial charge in [-0.2, -0.15) is 0 Å². The SMILES string of the molecule is CC.COc1ccccc1-c1nc(CNc2ccc(F)cc2)cn1-c1ccc(C)cc1. The Hall–Kier alpha value is -3.60. The molecular weight excluding hydrogens is 389 g/mol. The molecule has 0 bridgehead atoms. The molecule has 0 amide bonds. The highest BCUT2D eigenvalue weighted by atomic mass is 19.1. The summed E-state index contributed by atoms with van der Waals surface area (Å²) in [6, 6.07) is 22.5. The molecule has 0 aliphatic heterocycles. The summed E-state index contributed by atoms with van der Waals surface area (Å²) >= 11 is 0. The van der Waals surface area contributed by atoms with Crippen LogP contribution in [-0.2, 0) is 6.54 Å². The molecule has 1 heterocycles. The van der Waals surface area contributed by atoms with Crippen molar-refractivity contribution < 1.29 is 9.13 Å². The molecule has 0 spiro atoms. The zero-order chi connectivity index (χ0) is 22.2. The molecule has 160 valence electrons. The van der Waals surface area contributed by atoms with Crippen molar-refractivity contribution in [1.29, 1.82) is 0 Å². The molecule has 0 radical (unpaired) electrons. The average Bonchev–Trinajstić information content (AvgIpc) is 3.24. The van der Waals surface area contributed by atoms with Crippen LogP contribution in [0.5, 0.6) is 5.75 Å². The number of rotatable bonds is 6. The second kappa shape index (κ2) is 10.4. The summed E-state index contributed by atoms with van der Waals surface area (Å²) in [5.74, 6) is 1.32. The van der Waals surface area contributed by atoms with Gasteiger partial charge in [0.25, 0.3) is 0 Å². The Morgan fingerprint density at radius 2 is 1.61 bits per heavy atom. The zero-order valence-corrected chi connectivity index (χ0v) is 18.4. The number of ether oxygens (including phenoxy) is 1. The van der Waals surface area contributed by atoms with Crippen LogP contribution in [0.2, 0.25) is 0 Å². The fraction of sp³-hybridized carbons (Fsp3) is 0.192. The Morgan fingerprint density at radius 1 is 0.935 bits per heavy atom. The molecule has 0 atom stereocenters. The number of methoxy groups -OCH3 is 1. The van der Waals surface area contributed by atoms with E-state index >= 15 is 0 Å². The third-order valence-corrected chi connectivity index (χ3v) is 4.73. The second-order valence-electron chi connectivity index (χ2n) is 6.82. The lowest BCUT2D eigenvalue weighted by Crippen LogP contribution is -1.99. The van der Waals surface area contributed by atoms with Crippen molar-refractivity contribution in [3.8, 4) is 22.8 Å². The smallest absolute Gasteiger partial charge is 0.148 e. The first kappa shape index (κ1) is 22.1. The Labute approximate surface area is 183 Å². The maximum atomic E-state index is 13.1. The lowest BCUT2D eigenvalue weighted by Gasteiger charge is -2.11. The minimum absolute atomic E-state index is 0.252. The molecule has 4 nitrogen and oxygen atoms in total. The third kappa shape index (κ3) is 5.31. The van der Waals surface area contributed by atoms with E-state index in [4.69, 9.17) is 9.72 Å². The molecule has 0 unspecified atom stereocenters. The maximum Gasteiger partial charge on any atom is 0.148 e. The van der Waals surface area contributed by atoms with Crippen LogP contribution < -0.4 is 10.1 Å². The van der Waals surface area contributed by atoms with E-state index in [0.29, 0.717) is 6.54 Å². The first-order valence-electron chi connectivity index (χ1n) is 10.4. The average molecular weight is 418 g/mol. The summed E-state index contributed by atoms with van der Waals surface area (Å²) < 4.78 is 20.7. The summed E-state index contributed by atoms with van der Waals surface area (Å²) in [5, 5.41) is 3.30. The van der Waals surface area contributed by atoms with E-state index < -0.39 is 0 Å². The minimum atomic E-state index is -0.252. The lowest BCUT2D eigenvalue weighted by atomic mass is 10.1. The monoisotopic (exact) mass is 417 g/mol. The molecule has 1 N–H and O–H groups in total. The number of hydrogen-bond acceptors (Lipinski definition) is 3. The number of nitrogens with zero attached hydrogens (tertiary/aromatic N) is 2. The van der Waals surface area contributed by atoms with Gasteiger partial charge in [-0.05, 0) is 55.5 Å². The van der Waals surface area contributed by atoms with Crippen molar-refractivity contribution in [3.63, 3.8) is 0 Å². The number of aromatic nitrogens is 2. The first-order chi connectivity index (χ1) is 15.1. The summed E-state index contributed by atoms with van der Waals surface area (Å²) in [4.78, 5) is 4.87. The van der Waals surface area contributed by atoms with Gasteiger partial charge >= 0.3 is 0 Å². The second-order valence-corrected chi connectivity index (χ2v) is 6.82. The maximum absolute atomic E-state index is 13.1. The van der Waals surface area contributed by atoms with E-state index in [-0.39, 0.29) is 5.82 Å². The van der Waals surface area contributed by atoms with Crippen molar-refractivity contribution in [2.45, 2.75) is 27.3 Å². The molecule has 5 heteroatoms. The van der Waals surface area contributed by atoms with E-state index in [1.54, 1.807) is 19.2 Å². The van der Waals surface area contributed by atoms with Crippen LogP contribution in [0, 0.1) is 12.7 Å². The lowest BCUT2D eigenvalue weighted by molar-refractivity contribution is 0.416. The van der Waals surface area contributed by atoms with Crippen LogP contribution in [0.4, 0.5) is 10.1 Å². The molecule has 3 aromatic carbocycles. The predicted octanol–water partition coefficient (Wildman–Crippen LogP) is 6.63. The molecule has 1 aromatic heterocycles. The quantitative estimate of drug-likeness (QED) is 0.382. The number of benzene rings is 3. The summed E-state index contributed by atoms with van der Waals surface area (Å²) in [6.45, 7) is 6.59. The highest BCUT2D eigenvalue weighted by Crippen LogP contribution is 2.31. The molecular formula is C26H28FN3O. The Morgan fingerprint density at radius 3 is 2.29 bits per heavy atom. The number of aryl methyl sites for hydroxylation is 1.